The van der Waals surface area contributed by atoms with Crippen molar-refractivity contribution < 1.29 is 45.8 Å². The van der Waals surface area contributed by atoms with Gasteiger partial charge in [-0.15, -0.1) is 0 Å². The first-order valence-electron chi connectivity index (χ1n) is 11.0. The van der Waals surface area contributed by atoms with E-state index in [2.05, 4.69) is 0 Å². The SMILES string of the molecule is Cc1ccc(C)c(S(=O)(=O)On2c(O)c3c(c2O)-c2c-3c(O)n(OS(=O)(=O)c3cc(C)ccc3C)c2O)c1. The summed E-state index contributed by atoms with van der Waals surface area (Å²) in [6.07, 6.45) is 0. The van der Waals surface area contributed by atoms with Gasteiger partial charge in [0.2, 0.25) is 23.5 Å². The third kappa shape index (κ3) is 3.55. The Bertz CT molecular complexity index is 1680. The highest BCUT2D eigenvalue weighted by Gasteiger charge is 2.46. The maximum absolute atomic E-state index is 12.9. The van der Waals surface area contributed by atoms with Crippen molar-refractivity contribution in [2.24, 2.45) is 0 Å². The highest BCUT2D eigenvalue weighted by molar-refractivity contribution is 7.87. The molecule has 0 spiro atoms. The summed E-state index contributed by atoms with van der Waals surface area (Å²) < 4.78 is 62.1. The van der Waals surface area contributed by atoms with Crippen LogP contribution in [0, 0.1) is 27.7 Å². The molecule has 0 saturated heterocycles. The van der Waals surface area contributed by atoms with Crippen LogP contribution in [0.15, 0.2) is 46.2 Å². The normalized spacial score (nSPS) is 12.5. The summed E-state index contributed by atoms with van der Waals surface area (Å²) in [5.74, 6) is -3.65. The minimum absolute atomic E-state index is 0.201. The molecule has 0 amide bonds. The van der Waals surface area contributed by atoms with Gasteiger partial charge in [0, 0.05) is 0 Å². The third-order valence-electron chi connectivity index (χ3n) is 6.24. The van der Waals surface area contributed by atoms with Crippen LogP contribution in [0.25, 0.3) is 22.3 Å². The summed E-state index contributed by atoms with van der Waals surface area (Å²) in [7, 11) is -9.08. The van der Waals surface area contributed by atoms with Crippen LogP contribution in [0.1, 0.15) is 22.3 Å². The molecule has 0 aliphatic heterocycles. The summed E-state index contributed by atoms with van der Waals surface area (Å²) in [6.45, 7) is 6.43. The largest absolute Gasteiger partial charge is 0.492 e. The molecule has 200 valence electrons. The molecule has 2 heterocycles. The van der Waals surface area contributed by atoms with Gasteiger partial charge in [-0.2, -0.15) is 16.8 Å². The number of aromatic nitrogens is 2. The Balaban J connectivity index is 1.55. The molecule has 0 bridgehead atoms. The van der Waals surface area contributed by atoms with Crippen molar-refractivity contribution in [2.75, 3.05) is 0 Å². The van der Waals surface area contributed by atoms with Gasteiger partial charge in [-0.05, 0) is 62.1 Å². The van der Waals surface area contributed by atoms with Crippen molar-refractivity contribution in [3.63, 3.8) is 0 Å². The molecule has 0 fully saturated rings. The fraction of sp³-hybridized carbons (Fsp3) is 0.167. The van der Waals surface area contributed by atoms with Gasteiger partial charge in [0.25, 0.3) is 0 Å². The Kier molecular flexibility index (Phi) is 5.40. The predicted octanol–water partition coefficient (Wildman–Crippen LogP) is 2.63. The number of rotatable bonds is 6. The minimum Gasteiger partial charge on any atom is -0.492 e. The Morgan fingerprint density at radius 3 is 1.13 bits per heavy atom. The van der Waals surface area contributed by atoms with E-state index < -0.39 is 43.8 Å². The fourth-order valence-corrected chi connectivity index (χ4v) is 6.73. The first-order valence-corrected chi connectivity index (χ1v) is 13.9. The van der Waals surface area contributed by atoms with E-state index in [-0.39, 0.29) is 41.5 Å². The molecule has 2 aromatic carbocycles. The number of nitrogens with zero attached hydrogens (tertiary/aromatic N) is 2. The zero-order valence-corrected chi connectivity index (χ0v) is 22.0. The Labute approximate surface area is 217 Å². The quantitative estimate of drug-likeness (QED) is 0.240. The van der Waals surface area contributed by atoms with Gasteiger partial charge < -0.3 is 20.4 Å². The van der Waals surface area contributed by atoms with Crippen molar-refractivity contribution in [2.45, 2.75) is 37.5 Å². The maximum atomic E-state index is 12.9. The van der Waals surface area contributed by atoms with Gasteiger partial charge in [0.05, 0.1) is 22.3 Å². The van der Waals surface area contributed by atoms with Gasteiger partial charge in [0.1, 0.15) is 9.79 Å². The van der Waals surface area contributed by atoms with Crippen molar-refractivity contribution in [3.05, 3.63) is 58.7 Å². The average molecular weight is 563 g/mol. The Morgan fingerprint density at radius 2 is 0.842 bits per heavy atom. The molecule has 0 unspecified atom stereocenters. The van der Waals surface area contributed by atoms with Crippen LogP contribution in [0.5, 0.6) is 23.5 Å². The van der Waals surface area contributed by atoms with Crippen molar-refractivity contribution in [1.29, 1.82) is 0 Å². The van der Waals surface area contributed by atoms with Crippen LogP contribution >= 0.6 is 0 Å². The summed E-state index contributed by atoms with van der Waals surface area (Å²) in [5, 5.41) is 42.7. The van der Waals surface area contributed by atoms with Crippen LogP contribution in [-0.2, 0) is 20.2 Å². The first-order chi connectivity index (χ1) is 17.7. The first kappa shape index (κ1) is 25.4. The van der Waals surface area contributed by atoms with Gasteiger partial charge in [-0.25, -0.2) is 0 Å². The molecule has 4 N–H and O–H groups in total. The Hall–Kier alpha value is -4.30. The zero-order valence-electron chi connectivity index (χ0n) is 20.4. The van der Waals surface area contributed by atoms with E-state index in [1.54, 1.807) is 38.1 Å². The van der Waals surface area contributed by atoms with E-state index in [1.165, 1.54) is 26.0 Å². The van der Waals surface area contributed by atoms with Crippen molar-refractivity contribution in [3.8, 4) is 45.8 Å². The lowest BCUT2D eigenvalue weighted by Gasteiger charge is -2.13. The average Bonchev–Trinajstić information content (AvgIpc) is 3.12. The van der Waals surface area contributed by atoms with E-state index >= 15 is 0 Å². The lowest BCUT2D eigenvalue weighted by molar-refractivity contribution is 0.201. The van der Waals surface area contributed by atoms with E-state index in [1.807, 2.05) is 0 Å². The van der Waals surface area contributed by atoms with E-state index in [9.17, 15) is 37.3 Å². The number of fused-ring (bicyclic) bond motifs is 4. The second kappa shape index (κ2) is 8.10. The Morgan fingerprint density at radius 1 is 0.553 bits per heavy atom. The monoisotopic (exact) mass is 562 g/mol. The van der Waals surface area contributed by atoms with Gasteiger partial charge in [0.15, 0.2) is 0 Å². The van der Waals surface area contributed by atoms with E-state index in [4.69, 9.17) is 8.57 Å². The number of aromatic hydroxyl groups is 4. The number of aryl methyl sites for hydroxylation is 4. The number of hydrogen-bond donors (Lipinski definition) is 4. The van der Waals surface area contributed by atoms with Crippen molar-refractivity contribution >= 4 is 20.2 Å². The highest BCUT2D eigenvalue weighted by Crippen LogP contribution is 2.64. The molecule has 0 radical (unpaired) electrons. The lowest BCUT2D eigenvalue weighted by atomic mass is 9.86. The number of benzene rings is 2. The van der Waals surface area contributed by atoms with Gasteiger partial charge >= 0.3 is 20.2 Å². The van der Waals surface area contributed by atoms with E-state index in [0.717, 1.165) is 0 Å². The molecule has 1 aliphatic rings. The summed E-state index contributed by atoms with van der Waals surface area (Å²) in [4.78, 5) is -0.402. The lowest BCUT2D eigenvalue weighted by Crippen LogP contribution is -2.21. The second-order valence-corrected chi connectivity index (χ2v) is 12.0. The summed E-state index contributed by atoms with van der Waals surface area (Å²) in [5.41, 5.74) is 0.821. The summed E-state index contributed by atoms with van der Waals surface area (Å²) >= 11 is 0. The molecular weight excluding hydrogens is 540 g/mol. The molecule has 4 aromatic rings. The smallest absolute Gasteiger partial charge is 0.357 e. The second-order valence-electron chi connectivity index (χ2n) is 8.98. The topological polar surface area (TPSA) is 178 Å². The van der Waals surface area contributed by atoms with Crippen LogP contribution < -0.4 is 8.57 Å². The molecule has 5 rings (SSSR count). The van der Waals surface area contributed by atoms with E-state index in [0.29, 0.717) is 22.3 Å². The van der Waals surface area contributed by atoms with Crippen LogP contribution in [0.2, 0.25) is 0 Å². The maximum Gasteiger partial charge on any atom is 0.357 e. The molecule has 12 nitrogen and oxygen atoms in total. The summed E-state index contributed by atoms with van der Waals surface area (Å²) in [6, 6.07) is 9.23. The highest BCUT2D eigenvalue weighted by atomic mass is 32.2. The molecule has 0 saturated carbocycles. The van der Waals surface area contributed by atoms with Crippen molar-refractivity contribution in [1.82, 2.24) is 9.46 Å². The van der Waals surface area contributed by atoms with Crippen LogP contribution in [-0.4, -0.2) is 46.7 Å². The van der Waals surface area contributed by atoms with Crippen LogP contribution in [0.3, 0.4) is 0 Å². The molecule has 14 heteroatoms. The zero-order chi connectivity index (χ0) is 27.9. The molecule has 38 heavy (non-hydrogen) atoms. The van der Waals surface area contributed by atoms with Gasteiger partial charge in [-0.1, -0.05) is 33.7 Å². The fourth-order valence-electron chi connectivity index (χ4n) is 4.31. The molecule has 0 atom stereocenters. The predicted molar refractivity (Wildman–Crippen MR) is 133 cm³/mol. The minimum atomic E-state index is -4.54. The molecule has 1 aliphatic carbocycles. The standard InChI is InChI=1S/C24H22N2O10S2/c1-11-5-7-13(3)15(9-11)37(31,32)35-25-21(27)17-18(22(25)28)20-19(17)23(29)26(24(20)30)36-38(33,34)16-10-12(2)6-8-14(16)4/h5-10,27-30H,1-4H3. The van der Waals surface area contributed by atoms with Gasteiger partial charge in [-0.3, -0.25) is 8.57 Å². The number of hydrogen-bond acceptors (Lipinski definition) is 10. The third-order valence-corrected chi connectivity index (χ3v) is 8.88. The molecular formula is C24H22N2O10S2. The van der Waals surface area contributed by atoms with Crippen LogP contribution in [0.4, 0.5) is 0 Å². The molecule has 2 aromatic heterocycles.